The molecular formula is C64H73N11O15S. The fourth-order valence-corrected chi connectivity index (χ4v) is 16.5. The number of pyridine rings is 1. The number of thiazole rings is 1. The van der Waals surface area contributed by atoms with Crippen LogP contribution >= 0.6 is 11.3 Å². The lowest BCUT2D eigenvalue weighted by molar-refractivity contribution is -0.247. The number of anilines is 2. The van der Waals surface area contributed by atoms with Crippen LogP contribution in [0, 0.1) is 29.1 Å². The van der Waals surface area contributed by atoms with Gasteiger partial charge in [-0.25, -0.2) is 24.5 Å². The number of hydrogen-bond acceptors (Lipinski definition) is 19. The van der Waals surface area contributed by atoms with Crippen LogP contribution in [0.4, 0.5) is 15.7 Å². The normalized spacial score (nSPS) is 24.8. The van der Waals surface area contributed by atoms with Crippen molar-refractivity contribution in [3.63, 3.8) is 0 Å². The molecule has 0 radical (unpaired) electrons. The molecule has 7 aliphatic rings. The van der Waals surface area contributed by atoms with Crippen LogP contribution in [-0.2, 0) is 59.6 Å². The largest absolute Gasteiger partial charge is 0.491 e. The van der Waals surface area contributed by atoms with Gasteiger partial charge in [-0.1, -0.05) is 37.3 Å². The number of amides is 5. The summed E-state index contributed by atoms with van der Waals surface area (Å²) in [6.07, 6.45) is 9.64. The summed E-state index contributed by atoms with van der Waals surface area (Å²) in [6, 6.07) is 16.2. The molecule has 0 saturated heterocycles. The van der Waals surface area contributed by atoms with Gasteiger partial charge in [0.25, 0.3) is 17.7 Å². The molecule has 4 bridgehead atoms. The van der Waals surface area contributed by atoms with Crippen molar-refractivity contribution in [3.8, 4) is 22.6 Å². The Balaban J connectivity index is 0.652. The van der Waals surface area contributed by atoms with Gasteiger partial charge in [-0.15, -0.1) is 0 Å². The summed E-state index contributed by atoms with van der Waals surface area (Å²) in [7, 11) is 0. The van der Waals surface area contributed by atoms with Crippen LogP contribution in [0.2, 0.25) is 0 Å². The smallest absolute Gasteiger partial charge is 0.407 e. The molecule has 27 heteroatoms. The minimum absolute atomic E-state index is 0.00984. The number of nitrogens with zero attached hydrogens (tertiary/aromatic N) is 8. The van der Waals surface area contributed by atoms with Gasteiger partial charge in [0.15, 0.2) is 16.5 Å². The van der Waals surface area contributed by atoms with Crippen LogP contribution in [0.1, 0.15) is 110 Å². The van der Waals surface area contributed by atoms with E-state index < -0.39 is 66.0 Å². The van der Waals surface area contributed by atoms with Gasteiger partial charge in [0, 0.05) is 79.7 Å². The molecule has 26 nitrogen and oxygen atoms in total. The number of alkyl carbamates (subject to hydrolysis) is 1. The van der Waals surface area contributed by atoms with Crippen LogP contribution in [0.5, 0.6) is 11.5 Å². The van der Waals surface area contributed by atoms with E-state index in [1.54, 1.807) is 36.8 Å². The van der Waals surface area contributed by atoms with Gasteiger partial charge >= 0.3 is 18.0 Å². The number of imidazole rings is 1. The molecule has 4 aromatic heterocycles. The number of carboxylic acid groups (broad SMARTS) is 2. The number of fused-ring (bicyclic) bond motifs is 2. The first-order valence-corrected chi connectivity index (χ1v) is 31.4. The summed E-state index contributed by atoms with van der Waals surface area (Å²) >= 11 is 1.38. The lowest BCUT2D eigenvalue weighted by Crippen LogP contribution is -2.64. The molecule has 5 aliphatic carbocycles. The van der Waals surface area contributed by atoms with Crippen molar-refractivity contribution in [3.05, 3.63) is 108 Å². The molecule has 2 aromatic carbocycles. The zero-order chi connectivity index (χ0) is 63.8. The molecule has 5 atom stereocenters. The number of carbonyl (C=O) groups excluding carboxylic acids is 5. The Kier molecular flexibility index (Phi) is 17.5. The van der Waals surface area contributed by atoms with Crippen molar-refractivity contribution in [2.75, 3.05) is 62.8 Å². The summed E-state index contributed by atoms with van der Waals surface area (Å²) in [5.41, 5.74) is 3.43. The maximum absolute atomic E-state index is 13.6. The fraction of sp³-hybridized carbons (Fsp3) is 0.484. The van der Waals surface area contributed by atoms with Crippen molar-refractivity contribution >= 4 is 74.2 Å². The molecule has 480 valence electrons. The number of carbonyl (C=O) groups is 7. The van der Waals surface area contributed by atoms with Gasteiger partial charge in [0.2, 0.25) is 5.91 Å². The quantitative estimate of drug-likeness (QED) is 0.0262. The number of aliphatic hydroxyl groups is 1. The van der Waals surface area contributed by atoms with Crippen LogP contribution in [-0.4, -0.2) is 162 Å². The van der Waals surface area contributed by atoms with Crippen molar-refractivity contribution < 1.29 is 72.6 Å². The number of aromatic nitrogens is 6. The summed E-state index contributed by atoms with van der Waals surface area (Å²) in [4.78, 5) is 104. The molecule has 2 unspecified atom stereocenters. The fourth-order valence-electron chi connectivity index (χ4n) is 15.6. The standard InChI is InChI=1S/C64H73N11O15S/c1-38-45(44-10-11-50(70-54(44)58(83)84)72-16-17-73-37-67-55(47(73)27-72)56(80)71-59-69-46-6-4-5-7-49(46)91-59)26-68-75(38)36-63-31-61(2)30-62(3,32-63)34-64(33-61,35-63)89-19-15-66-60(85)88-29-39-8-9-42(90-43-23-40(57(81)82)22-41(76)24-43)25-48(39)87-21-20-86-18-14-65-51(77)28-74-52(78)12-13-53(74)79/h4-13,25-26,37,40-41,43,76H,14-24,27-36H2,1-3H3,(H,65,77)(H,66,85)(H,81,82)(H,83,84)(H,69,71,80)/t40-,41+,43-,61?,62?,63?,64?/m1/s1. The average Bonchev–Trinajstić information content (AvgIpc) is 0.794. The number of ether oxygens (including phenoxy) is 5. The first-order valence-electron chi connectivity index (χ1n) is 30.6. The molecule has 5 fully saturated rings. The number of aliphatic hydroxyl groups excluding tert-OH is 1. The highest BCUT2D eigenvalue weighted by molar-refractivity contribution is 7.22. The number of aromatic carboxylic acids is 1. The second kappa shape index (κ2) is 25.5. The maximum Gasteiger partial charge on any atom is 0.407 e. The lowest BCUT2D eigenvalue weighted by Gasteiger charge is -2.69. The molecule has 6 aromatic rings. The molecule has 6 N–H and O–H groups in total. The average molecular weight is 1270 g/mol. The van der Waals surface area contributed by atoms with E-state index in [9.17, 15) is 48.9 Å². The Morgan fingerprint density at radius 3 is 2.36 bits per heavy atom. The van der Waals surface area contributed by atoms with Gasteiger partial charge in [0.05, 0.1) is 72.4 Å². The molecule has 2 aliphatic heterocycles. The predicted octanol–water partition coefficient (Wildman–Crippen LogP) is 6.52. The summed E-state index contributed by atoms with van der Waals surface area (Å²) < 4.78 is 35.4. The Morgan fingerprint density at radius 2 is 1.59 bits per heavy atom. The van der Waals surface area contributed by atoms with E-state index in [2.05, 4.69) is 39.8 Å². The zero-order valence-electron chi connectivity index (χ0n) is 50.8. The first-order chi connectivity index (χ1) is 43.6. The number of para-hydroxylation sites is 1. The van der Waals surface area contributed by atoms with Crippen LogP contribution < -0.4 is 30.3 Å². The highest BCUT2D eigenvalue weighted by atomic mass is 32.1. The third kappa shape index (κ3) is 13.8. The van der Waals surface area contributed by atoms with Crippen molar-refractivity contribution in [1.82, 2.24) is 44.8 Å². The lowest BCUT2D eigenvalue weighted by atomic mass is 9.39. The van der Waals surface area contributed by atoms with Gasteiger partial charge in [-0.05, 0) is 111 Å². The number of hydrogen-bond donors (Lipinski definition) is 6. The number of carboxylic acids is 2. The third-order valence-electron chi connectivity index (χ3n) is 18.3. The molecule has 5 amide bonds. The molecule has 13 rings (SSSR count). The first kappa shape index (κ1) is 62.4. The Hall–Kier alpha value is -8.79. The monoisotopic (exact) mass is 1270 g/mol. The number of aliphatic carboxylic acids is 1. The number of benzene rings is 2. The Bertz CT molecular complexity index is 3790. The van der Waals surface area contributed by atoms with Crippen LogP contribution in [0.25, 0.3) is 21.3 Å². The second-order valence-electron chi connectivity index (χ2n) is 25.8. The highest BCUT2D eigenvalue weighted by Crippen LogP contribution is 2.72. The Morgan fingerprint density at radius 1 is 0.813 bits per heavy atom. The SMILES string of the molecule is Cc1c(-c2ccc(N3CCn4cnc(C(=O)Nc5nc6ccccc6s5)c4C3)nc2C(=O)O)cnn1CC12CC3(C)CC(C)(C1)CC(OCCNC(=O)OCc1ccc(O[C@H]4C[C@@H](O)C[C@@H](C(=O)O)C4)cc1OCCOCCNC(=O)CN1C(=O)C=CC1=O)(C3)C2. The van der Waals surface area contributed by atoms with Crippen LogP contribution in [0.3, 0.4) is 0 Å². The maximum atomic E-state index is 13.6. The van der Waals surface area contributed by atoms with Gasteiger partial charge in [-0.2, -0.15) is 5.10 Å². The van der Waals surface area contributed by atoms with Gasteiger partial charge < -0.3 is 59.1 Å². The van der Waals surface area contributed by atoms with Crippen molar-refractivity contribution in [2.24, 2.45) is 22.2 Å². The predicted molar refractivity (Wildman–Crippen MR) is 328 cm³/mol. The van der Waals surface area contributed by atoms with E-state index in [4.69, 9.17) is 33.8 Å². The summed E-state index contributed by atoms with van der Waals surface area (Å²) in [5, 5.41) is 44.5. The summed E-state index contributed by atoms with van der Waals surface area (Å²) in [6.45, 7) is 8.76. The van der Waals surface area contributed by atoms with E-state index in [1.807, 2.05) is 51.4 Å². The molecule has 0 spiro atoms. The van der Waals surface area contributed by atoms with Crippen LogP contribution in [0.15, 0.2) is 79.3 Å². The minimum Gasteiger partial charge on any atom is -0.491 e. The third-order valence-corrected chi connectivity index (χ3v) is 19.2. The van der Waals surface area contributed by atoms with E-state index in [1.165, 1.54) is 11.3 Å². The van der Waals surface area contributed by atoms with Gasteiger partial charge in [-0.3, -0.25) is 38.9 Å². The van der Waals surface area contributed by atoms with Gasteiger partial charge in [0.1, 0.15) is 43.2 Å². The molecule has 91 heavy (non-hydrogen) atoms. The zero-order valence-corrected chi connectivity index (χ0v) is 51.6. The second-order valence-corrected chi connectivity index (χ2v) is 26.8. The molecule has 5 saturated carbocycles. The molecule has 6 heterocycles. The van der Waals surface area contributed by atoms with Crippen molar-refractivity contribution in [1.29, 1.82) is 0 Å². The van der Waals surface area contributed by atoms with Crippen molar-refractivity contribution in [2.45, 2.75) is 123 Å². The number of nitrogens with one attached hydrogen (secondary N) is 3. The van der Waals surface area contributed by atoms with E-state index in [0.29, 0.717) is 64.5 Å². The highest BCUT2D eigenvalue weighted by Gasteiger charge is 2.66. The van der Waals surface area contributed by atoms with E-state index in [0.717, 1.165) is 71.5 Å². The molecular weight excluding hydrogens is 1190 g/mol. The number of rotatable bonds is 25. The minimum atomic E-state index is -1.17. The van der Waals surface area contributed by atoms with E-state index in [-0.39, 0.29) is 105 Å². The topological polar surface area (TPSA) is 330 Å². The number of imide groups is 1. The summed E-state index contributed by atoms with van der Waals surface area (Å²) in [5.74, 6) is -3.84. The van der Waals surface area contributed by atoms with E-state index >= 15 is 0 Å². The Labute approximate surface area is 527 Å².